The van der Waals surface area contributed by atoms with Crippen molar-refractivity contribution in [2.75, 3.05) is 40.0 Å². The van der Waals surface area contributed by atoms with Crippen LogP contribution in [-0.4, -0.2) is 61.2 Å². The summed E-state index contributed by atoms with van der Waals surface area (Å²) in [6.07, 6.45) is -0.459. The number of rotatable bonds is 6. The molecule has 38 heavy (non-hydrogen) atoms. The number of hydrogen-bond acceptors (Lipinski definition) is 9. The fourth-order valence-electron chi connectivity index (χ4n) is 4.57. The molecule has 0 bridgehead atoms. The van der Waals surface area contributed by atoms with Crippen LogP contribution < -0.4 is 24.7 Å². The van der Waals surface area contributed by atoms with Gasteiger partial charge in [0, 0.05) is 18.7 Å². The number of hydrogen-bond donors (Lipinski definition) is 2. The first kappa shape index (κ1) is 25.0. The first-order valence-corrected chi connectivity index (χ1v) is 12.2. The number of ether oxygens (including phenoxy) is 5. The molecule has 5 rings (SSSR count). The van der Waals surface area contributed by atoms with Crippen LogP contribution in [0.4, 0.5) is 4.79 Å². The van der Waals surface area contributed by atoms with Crippen LogP contribution in [0, 0.1) is 11.3 Å². The van der Waals surface area contributed by atoms with Gasteiger partial charge in [0.2, 0.25) is 11.8 Å². The average molecular weight is 518 g/mol. The van der Waals surface area contributed by atoms with Crippen LogP contribution >= 0.6 is 0 Å². The third kappa shape index (κ3) is 4.69. The number of nitrogens with two attached hydrogens (primary N) is 1. The Kier molecular flexibility index (Phi) is 7.06. The van der Waals surface area contributed by atoms with Crippen LogP contribution in [0.1, 0.15) is 24.0 Å². The van der Waals surface area contributed by atoms with Crippen molar-refractivity contribution in [3.63, 3.8) is 0 Å². The maximum Gasteiger partial charge on any atom is 0.415 e. The Morgan fingerprint density at radius 2 is 2.05 bits per heavy atom. The molecule has 0 unspecified atom stereocenters. The molecule has 2 aliphatic rings. The highest BCUT2D eigenvalue weighted by atomic mass is 16.6. The molecule has 0 spiro atoms. The number of benzene rings is 2. The van der Waals surface area contributed by atoms with Crippen molar-refractivity contribution >= 4 is 6.09 Å². The largest absolute Gasteiger partial charge is 0.493 e. The smallest absolute Gasteiger partial charge is 0.415 e. The van der Waals surface area contributed by atoms with E-state index in [0.29, 0.717) is 67.0 Å². The summed E-state index contributed by atoms with van der Waals surface area (Å²) in [4.78, 5) is 14.3. The van der Waals surface area contributed by atoms with Crippen molar-refractivity contribution in [2.24, 2.45) is 5.73 Å². The Morgan fingerprint density at radius 3 is 2.79 bits per heavy atom. The van der Waals surface area contributed by atoms with Crippen LogP contribution in [0.3, 0.4) is 0 Å². The van der Waals surface area contributed by atoms with Gasteiger partial charge in [-0.05, 0) is 42.8 Å². The first-order valence-electron chi connectivity index (χ1n) is 12.2. The maximum absolute atomic E-state index is 12.7. The third-order valence-corrected chi connectivity index (χ3v) is 6.36. The lowest BCUT2D eigenvalue weighted by atomic mass is 9.83. The number of carbonyl (C=O) groups is 1. The van der Waals surface area contributed by atoms with Gasteiger partial charge in [0.15, 0.2) is 11.5 Å². The molecule has 1 aromatic heterocycles. The van der Waals surface area contributed by atoms with E-state index in [1.807, 2.05) is 31.2 Å². The summed E-state index contributed by atoms with van der Waals surface area (Å²) < 4.78 is 27.8. The van der Waals surface area contributed by atoms with E-state index in [4.69, 9.17) is 29.4 Å². The summed E-state index contributed by atoms with van der Waals surface area (Å²) in [5, 5.41) is 17.4. The van der Waals surface area contributed by atoms with Crippen molar-refractivity contribution in [3.8, 4) is 40.5 Å². The minimum Gasteiger partial charge on any atom is -0.493 e. The van der Waals surface area contributed by atoms with Crippen LogP contribution in [-0.2, 0) is 4.74 Å². The summed E-state index contributed by atoms with van der Waals surface area (Å²) >= 11 is 0. The van der Waals surface area contributed by atoms with Crippen molar-refractivity contribution in [3.05, 3.63) is 65.0 Å². The van der Waals surface area contributed by atoms with Crippen LogP contribution in [0.25, 0.3) is 11.3 Å². The van der Waals surface area contributed by atoms with E-state index >= 15 is 0 Å². The standard InChI is InChI=1S/C27H27N5O6/c1-3-36-20-8-7-17(14-21(20)34-2)24-23-22(19(15-28)25(29)38-26(23)31-30-24)16-5-4-6-18(13-16)37-27(33)32-9-11-35-12-10-32/h4-8,13-14,22H,3,9-12,29H2,1-2H3,(H,30,31)/t22-/m0/s1. The molecule has 196 valence electrons. The zero-order valence-corrected chi connectivity index (χ0v) is 21.0. The number of methoxy groups -OCH3 is 1. The first-order chi connectivity index (χ1) is 18.5. The minimum absolute atomic E-state index is 0.0389. The van der Waals surface area contributed by atoms with E-state index in [9.17, 15) is 10.1 Å². The number of fused-ring (bicyclic) bond motifs is 1. The molecule has 11 nitrogen and oxygen atoms in total. The van der Waals surface area contributed by atoms with E-state index in [1.54, 1.807) is 30.2 Å². The SMILES string of the molecule is CCOc1ccc(-c2[nH]nc3c2[C@@H](c2cccc(OC(=O)N4CCOCC4)c2)C(C#N)=C(N)O3)cc1OC. The van der Waals surface area contributed by atoms with Crippen LogP contribution in [0.5, 0.6) is 23.1 Å². The molecular formula is C27H27N5O6. The second-order valence-corrected chi connectivity index (χ2v) is 8.58. The highest BCUT2D eigenvalue weighted by Crippen LogP contribution is 2.47. The van der Waals surface area contributed by atoms with Gasteiger partial charge in [0.1, 0.15) is 17.4 Å². The lowest BCUT2D eigenvalue weighted by molar-refractivity contribution is 0.0416. The summed E-state index contributed by atoms with van der Waals surface area (Å²) in [6, 6.07) is 14.7. The molecule has 1 saturated heterocycles. The Labute approximate surface area is 219 Å². The molecule has 1 amide bonds. The molecule has 2 aromatic carbocycles. The van der Waals surface area contributed by atoms with Gasteiger partial charge in [-0.1, -0.05) is 12.1 Å². The average Bonchev–Trinajstić information content (AvgIpc) is 3.36. The highest BCUT2D eigenvalue weighted by molar-refractivity contribution is 5.74. The predicted molar refractivity (Wildman–Crippen MR) is 136 cm³/mol. The van der Waals surface area contributed by atoms with E-state index in [1.165, 1.54) is 0 Å². The van der Waals surface area contributed by atoms with Gasteiger partial charge in [-0.15, -0.1) is 5.10 Å². The predicted octanol–water partition coefficient (Wildman–Crippen LogP) is 3.53. The van der Waals surface area contributed by atoms with E-state index < -0.39 is 12.0 Å². The van der Waals surface area contributed by atoms with Crippen molar-refractivity contribution in [1.82, 2.24) is 15.1 Å². The number of H-pyrrole nitrogens is 1. The van der Waals surface area contributed by atoms with Gasteiger partial charge in [-0.2, -0.15) is 5.26 Å². The molecule has 3 heterocycles. The topological polar surface area (TPSA) is 145 Å². The molecule has 0 radical (unpaired) electrons. The van der Waals surface area contributed by atoms with E-state index in [2.05, 4.69) is 16.3 Å². The summed E-state index contributed by atoms with van der Waals surface area (Å²) in [5.74, 6) is 1.09. The molecular weight excluding hydrogens is 490 g/mol. The van der Waals surface area contributed by atoms with Crippen molar-refractivity contribution < 1.29 is 28.5 Å². The Balaban J connectivity index is 1.54. The summed E-state index contributed by atoms with van der Waals surface area (Å²) in [7, 11) is 1.57. The van der Waals surface area contributed by atoms with Crippen LogP contribution in [0.15, 0.2) is 53.9 Å². The monoisotopic (exact) mass is 517 g/mol. The molecule has 2 aliphatic heterocycles. The fourth-order valence-corrected chi connectivity index (χ4v) is 4.57. The quantitative estimate of drug-likeness (QED) is 0.501. The van der Waals surface area contributed by atoms with Gasteiger partial charge >= 0.3 is 6.09 Å². The van der Waals surface area contributed by atoms with Crippen LogP contribution in [0.2, 0.25) is 0 Å². The zero-order chi connectivity index (χ0) is 26.6. The van der Waals surface area contributed by atoms with Crippen molar-refractivity contribution in [1.29, 1.82) is 5.26 Å². The molecule has 3 aromatic rings. The van der Waals surface area contributed by atoms with Crippen molar-refractivity contribution in [2.45, 2.75) is 12.8 Å². The number of nitrogens with zero attached hydrogens (tertiary/aromatic N) is 3. The molecule has 3 N–H and O–H groups in total. The summed E-state index contributed by atoms with van der Waals surface area (Å²) in [6.45, 7) is 4.25. The Hall–Kier alpha value is -4.69. The maximum atomic E-state index is 12.7. The molecule has 0 aliphatic carbocycles. The molecule has 1 fully saturated rings. The normalized spacial score (nSPS) is 16.8. The molecule has 11 heteroatoms. The van der Waals surface area contributed by atoms with Gasteiger partial charge in [-0.25, -0.2) is 4.79 Å². The lowest BCUT2D eigenvalue weighted by Crippen LogP contribution is -2.42. The second kappa shape index (κ2) is 10.7. The van der Waals surface area contributed by atoms with Gasteiger partial charge < -0.3 is 34.3 Å². The van der Waals surface area contributed by atoms with E-state index in [0.717, 1.165) is 5.56 Å². The van der Waals surface area contributed by atoms with Gasteiger partial charge in [-0.3, -0.25) is 5.10 Å². The summed E-state index contributed by atoms with van der Waals surface area (Å²) in [5.41, 5.74) is 9.04. The zero-order valence-electron chi connectivity index (χ0n) is 21.0. The highest BCUT2D eigenvalue weighted by Gasteiger charge is 2.36. The van der Waals surface area contributed by atoms with E-state index in [-0.39, 0.29) is 17.3 Å². The Morgan fingerprint density at radius 1 is 1.24 bits per heavy atom. The number of carbonyl (C=O) groups excluding carboxylic acids is 1. The third-order valence-electron chi connectivity index (χ3n) is 6.36. The molecule has 0 saturated carbocycles. The fraction of sp³-hybridized carbons (Fsp3) is 0.296. The lowest BCUT2D eigenvalue weighted by Gasteiger charge is -2.26. The molecule has 1 atom stereocenters. The number of amides is 1. The number of nitrogens with one attached hydrogen (secondary N) is 1. The number of morpholine rings is 1. The minimum atomic E-state index is -0.628. The Bertz CT molecular complexity index is 1420. The van der Waals surface area contributed by atoms with Gasteiger partial charge in [0.05, 0.1) is 44.1 Å². The number of allylic oxidation sites excluding steroid dienone is 1. The number of aromatic nitrogens is 2. The second-order valence-electron chi connectivity index (χ2n) is 8.58. The number of nitriles is 1. The number of aromatic amines is 1. The van der Waals surface area contributed by atoms with Gasteiger partial charge in [0.25, 0.3) is 0 Å².